The number of hydrogen-bond donors (Lipinski definition) is 1. The van der Waals surface area contributed by atoms with Crippen LogP contribution in [0.2, 0.25) is 0 Å². The highest BCUT2D eigenvalue weighted by atomic mass is 16.5. The first-order valence-corrected chi connectivity index (χ1v) is 6.44. The lowest BCUT2D eigenvalue weighted by Gasteiger charge is -2.13. The molecule has 0 fully saturated rings. The molecule has 1 aliphatic rings. The van der Waals surface area contributed by atoms with E-state index in [0.717, 1.165) is 12.2 Å². The summed E-state index contributed by atoms with van der Waals surface area (Å²) in [4.78, 5) is 0. The standard InChI is InChI=1S/C16H17NO/c1-2-18-14-8-5-7-12(10-14)16-11-13-6-3-4-9-15(13)17-16/h3-10,16-17H,2,11H2,1H3. The van der Waals surface area contributed by atoms with Gasteiger partial charge in [-0.15, -0.1) is 0 Å². The van der Waals surface area contributed by atoms with Crippen LogP contribution >= 0.6 is 0 Å². The minimum atomic E-state index is 0.364. The number of fused-ring (bicyclic) bond motifs is 1. The summed E-state index contributed by atoms with van der Waals surface area (Å²) in [5.41, 5.74) is 3.94. The lowest BCUT2D eigenvalue weighted by atomic mass is 10.0. The Bertz CT molecular complexity index is 525. The van der Waals surface area contributed by atoms with Crippen LogP contribution in [0.25, 0.3) is 0 Å². The summed E-state index contributed by atoms with van der Waals surface area (Å²) in [5, 5.41) is 3.56. The van der Waals surface area contributed by atoms with Crippen molar-refractivity contribution in [3.05, 3.63) is 59.7 Å². The molecular formula is C16H17NO. The summed E-state index contributed by atoms with van der Waals surface area (Å²) >= 11 is 0. The Hall–Kier alpha value is -1.96. The second-order valence-electron chi connectivity index (χ2n) is 4.56. The number of benzene rings is 2. The van der Waals surface area contributed by atoms with Gasteiger partial charge in [-0.05, 0) is 42.7 Å². The van der Waals surface area contributed by atoms with Gasteiger partial charge in [-0.25, -0.2) is 0 Å². The van der Waals surface area contributed by atoms with Crippen LogP contribution in [-0.2, 0) is 6.42 Å². The molecule has 2 aromatic carbocycles. The Balaban J connectivity index is 1.83. The average Bonchev–Trinajstić information content (AvgIpc) is 2.83. The molecule has 0 saturated heterocycles. The number of nitrogens with one attached hydrogen (secondary N) is 1. The zero-order valence-electron chi connectivity index (χ0n) is 10.5. The maximum absolute atomic E-state index is 5.56. The van der Waals surface area contributed by atoms with Crippen molar-refractivity contribution in [3.8, 4) is 5.75 Å². The first-order chi connectivity index (χ1) is 8.86. The van der Waals surface area contributed by atoms with Crippen LogP contribution in [0.4, 0.5) is 5.69 Å². The fraction of sp³-hybridized carbons (Fsp3) is 0.250. The van der Waals surface area contributed by atoms with Crippen LogP contribution in [0.5, 0.6) is 5.75 Å². The number of anilines is 1. The third-order valence-corrected chi connectivity index (χ3v) is 3.34. The van der Waals surface area contributed by atoms with E-state index in [2.05, 4.69) is 47.8 Å². The molecule has 0 spiro atoms. The molecule has 2 heteroatoms. The van der Waals surface area contributed by atoms with E-state index in [1.165, 1.54) is 16.8 Å². The van der Waals surface area contributed by atoms with Gasteiger partial charge in [-0.3, -0.25) is 0 Å². The molecule has 0 aliphatic carbocycles. The molecular weight excluding hydrogens is 222 g/mol. The zero-order chi connectivity index (χ0) is 12.4. The van der Waals surface area contributed by atoms with Gasteiger partial charge in [-0.2, -0.15) is 0 Å². The minimum absolute atomic E-state index is 0.364. The Morgan fingerprint density at radius 3 is 2.89 bits per heavy atom. The van der Waals surface area contributed by atoms with E-state index >= 15 is 0 Å². The number of para-hydroxylation sites is 1. The normalized spacial score (nSPS) is 17.1. The van der Waals surface area contributed by atoms with Crippen LogP contribution in [0.1, 0.15) is 24.1 Å². The molecule has 0 amide bonds. The van der Waals surface area contributed by atoms with Gasteiger partial charge in [0.25, 0.3) is 0 Å². The summed E-state index contributed by atoms with van der Waals surface area (Å²) < 4.78 is 5.56. The third kappa shape index (κ3) is 2.06. The molecule has 2 nitrogen and oxygen atoms in total. The largest absolute Gasteiger partial charge is 0.494 e. The van der Waals surface area contributed by atoms with Gasteiger partial charge >= 0.3 is 0 Å². The van der Waals surface area contributed by atoms with Crippen molar-refractivity contribution in [3.63, 3.8) is 0 Å². The van der Waals surface area contributed by atoms with E-state index in [-0.39, 0.29) is 0 Å². The molecule has 0 radical (unpaired) electrons. The predicted octanol–water partition coefficient (Wildman–Crippen LogP) is 3.79. The molecule has 0 saturated carbocycles. The van der Waals surface area contributed by atoms with Gasteiger partial charge in [0.1, 0.15) is 5.75 Å². The summed E-state index contributed by atoms with van der Waals surface area (Å²) in [6, 6.07) is 17.2. The fourth-order valence-corrected chi connectivity index (χ4v) is 2.49. The number of hydrogen-bond acceptors (Lipinski definition) is 2. The Morgan fingerprint density at radius 1 is 1.17 bits per heavy atom. The lowest BCUT2D eigenvalue weighted by molar-refractivity contribution is 0.339. The molecule has 1 atom stereocenters. The van der Waals surface area contributed by atoms with Crippen molar-refractivity contribution in [2.45, 2.75) is 19.4 Å². The van der Waals surface area contributed by atoms with Crippen LogP contribution in [-0.4, -0.2) is 6.61 Å². The van der Waals surface area contributed by atoms with Crippen molar-refractivity contribution < 1.29 is 4.74 Å². The number of rotatable bonds is 3. The number of ether oxygens (including phenoxy) is 1. The van der Waals surface area contributed by atoms with E-state index < -0.39 is 0 Å². The maximum atomic E-state index is 5.56. The lowest BCUT2D eigenvalue weighted by Crippen LogP contribution is -2.05. The third-order valence-electron chi connectivity index (χ3n) is 3.34. The summed E-state index contributed by atoms with van der Waals surface area (Å²) in [5.74, 6) is 0.952. The van der Waals surface area contributed by atoms with Gasteiger partial charge in [-0.1, -0.05) is 30.3 Å². The summed E-state index contributed by atoms with van der Waals surface area (Å²) in [6.45, 7) is 2.72. The van der Waals surface area contributed by atoms with E-state index in [1.54, 1.807) is 0 Å². The summed E-state index contributed by atoms with van der Waals surface area (Å²) in [7, 11) is 0. The van der Waals surface area contributed by atoms with Gasteiger partial charge < -0.3 is 10.1 Å². The molecule has 0 aromatic heterocycles. The molecule has 0 bridgehead atoms. The van der Waals surface area contributed by atoms with Crippen LogP contribution in [0.15, 0.2) is 48.5 Å². The zero-order valence-corrected chi connectivity index (χ0v) is 10.5. The van der Waals surface area contributed by atoms with Gasteiger partial charge in [0.15, 0.2) is 0 Å². The van der Waals surface area contributed by atoms with Crippen molar-refractivity contribution >= 4 is 5.69 Å². The SMILES string of the molecule is CCOc1cccc(C2Cc3ccccc3N2)c1. The van der Waals surface area contributed by atoms with E-state index in [0.29, 0.717) is 12.6 Å². The average molecular weight is 239 g/mol. The predicted molar refractivity (Wildman–Crippen MR) is 74.1 cm³/mol. The van der Waals surface area contributed by atoms with Gasteiger partial charge in [0.2, 0.25) is 0 Å². The van der Waals surface area contributed by atoms with E-state index in [1.807, 2.05) is 13.0 Å². The molecule has 1 unspecified atom stereocenters. The first kappa shape index (κ1) is 11.1. The second kappa shape index (κ2) is 4.73. The second-order valence-corrected chi connectivity index (χ2v) is 4.56. The minimum Gasteiger partial charge on any atom is -0.494 e. The van der Waals surface area contributed by atoms with Crippen LogP contribution in [0.3, 0.4) is 0 Å². The van der Waals surface area contributed by atoms with Crippen molar-refractivity contribution in [1.29, 1.82) is 0 Å². The molecule has 1 heterocycles. The Morgan fingerprint density at radius 2 is 2.06 bits per heavy atom. The van der Waals surface area contributed by atoms with Crippen molar-refractivity contribution in [2.24, 2.45) is 0 Å². The molecule has 3 rings (SSSR count). The first-order valence-electron chi connectivity index (χ1n) is 6.44. The maximum Gasteiger partial charge on any atom is 0.119 e. The Labute approximate surface area is 108 Å². The van der Waals surface area contributed by atoms with E-state index in [9.17, 15) is 0 Å². The van der Waals surface area contributed by atoms with Gasteiger partial charge in [0, 0.05) is 5.69 Å². The monoisotopic (exact) mass is 239 g/mol. The highest BCUT2D eigenvalue weighted by Crippen LogP contribution is 2.34. The quantitative estimate of drug-likeness (QED) is 0.879. The molecule has 92 valence electrons. The molecule has 1 N–H and O–H groups in total. The van der Waals surface area contributed by atoms with Crippen LogP contribution < -0.4 is 10.1 Å². The topological polar surface area (TPSA) is 21.3 Å². The molecule has 1 aliphatic heterocycles. The highest BCUT2D eigenvalue weighted by molar-refractivity contribution is 5.58. The van der Waals surface area contributed by atoms with E-state index in [4.69, 9.17) is 4.74 Å². The summed E-state index contributed by atoms with van der Waals surface area (Å²) in [6.07, 6.45) is 1.05. The molecule has 2 aromatic rings. The smallest absolute Gasteiger partial charge is 0.119 e. The van der Waals surface area contributed by atoms with Crippen molar-refractivity contribution in [1.82, 2.24) is 0 Å². The Kier molecular flexibility index (Phi) is 2.93. The fourth-order valence-electron chi connectivity index (χ4n) is 2.49. The van der Waals surface area contributed by atoms with Crippen molar-refractivity contribution in [2.75, 3.05) is 11.9 Å². The van der Waals surface area contributed by atoms with Crippen LogP contribution in [0, 0.1) is 0 Å². The van der Waals surface area contributed by atoms with Gasteiger partial charge in [0.05, 0.1) is 12.6 Å². The molecule has 18 heavy (non-hydrogen) atoms. The highest BCUT2D eigenvalue weighted by Gasteiger charge is 2.21.